The minimum Gasteiger partial charge on any atom is -0.318 e. The van der Waals surface area contributed by atoms with E-state index < -0.39 is 5.91 Å². The molecule has 1 amide bonds. The lowest BCUT2D eigenvalue weighted by molar-refractivity contribution is 0.101. The van der Waals surface area contributed by atoms with E-state index in [2.05, 4.69) is 20.5 Å². The van der Waals surface area contributed by atoms with Gasteiger partial charge in [-0.3, -0.25) is 9.89 Å². The number of benzene rings is 1. The summed E-state index contributed by atoms with van der Waals surface area (Å²) in [5, 5.41) is 18.0. The standard InChI is InChI=1S/C11H8ClN5O/c1-6-14-10(17-16-6)11(18)15-9-4-7(5-13)2-3-8(9)12/h2-4H,1H3,(H,15,18)(H,14,16,17). The fraction of sp³-hybridized carbons (Fsp3) is 0.0909. The summed E-state index contributed by atoms with van der Waals surface area (Å²) in [4.78, 5) is 15.7. The number of aryl methyl sites for hydroxylation is 1. The summed E-state index contributed by atoms with van der Waals surface area (Å²) in [6.07, 6.45) is 0. The predicted octanol–water partition coefficient (Wildman–Crippen LogP) is 1.89. The quantitative estimate of drug-likeness (QED) is 0.863. The molecule has 2 rings (SSSR count). The Labute approximate surface area is 108 Å². The molecule has 1 aromatic carbocycles. The van der Waals surface area contributed by atoms with Gasteiger partial charge in [0.15, 0.2) is 0 Å². The predicted molar refractivity (Wildman–Crippen MR) is 65.2 cm³/mol. The number of halogens is 1. The topological polar surface area (TPSA) is 94.5 Å². The van der Waals surface area contributed by atoms with Crippen LogP contribution in [0.15, 0.2) is 18.2 Å². The first-order valence-electron chi connectivity index (χ1n) is 5.00. The van der Waals surface area contributed by atoms with E-state index in [0.717, 1.165) is 0 Å². The Morgan fingerprint density at radius 3 is 2.94 bits per heavy atom. The number of hydrogen-bond donors (Lipinski definition) is 2. The number of rotatable bonds is 2. The van der Waals surface area contributed by atoms with Crippen LogP contribution in [0.5, 0.6) is 0 Å². The second kappa shape index (κ2) is 4.85. The maximum Gasteiger partial charge on any atom is 0.295 e. The summed E-state index contributed by atoms with van der Waals surface area (Å²) < 4.78 is 0. The van der Waals surface area contributed by atoms with Crippen LogP contribution in [-0.2, 0) is 0 Å². The maximum absolute atomic E-state index is 11.8. The molecule has 90 valence electrons. The van der Waals surface area contributed by atoms with Crippen molar-refractivity contribution in [2.45, 2.75) is 6.92 Å². The monoisotopic (exact) mass is 261 g/mol. The van der Waals surface area contributed by atoms with Crippen molar-refractivity contribution in [1.29, 1.82) is 5.26 Å². The summed E-state index contributed by atoms with van der Waals surface area (Å²) in [5.74, 6) is 0.0688. The molecule has 2 N–H and O–H groups in total. The molecule has 2 aromatic rings. The van der Waals surface area contributed by atoms with Crippen molar-refractivity contribution in [2.24, 2.45) is 0 Å². The molecule has 0 bridgehead atoms. The van der Waals surface area contributed by atoms with E-state index in [1.54, 1.807) is 19.1 Å². The van der Waals surface area contributed by atoms with Gasteiger partial charge < -0.3 is 5.32 Å². The van der Waals surface area contributed by atoms with Gasteiger partial charge in [0.25, 0.3) is 5.91 Å². The van der Waals surface area contributed by atoms with E-state index in [4.69, 9.17) is 16.9 Å². The molecule has 6 nitrogen and oxygen atoms in total. The third-order valence-electron chi connectivity index (χ3n) is 2.14. The minimum absolute atomic E-state index is 0.0194. The number of aromatic nitrogens is 3. The highest BCUT2D eigenvalue weighted by Gasteiger charge is 2.13. The third-order valence-corrected chi connectivity index (χ3v) is 2.47. The Morgan fingerprint density at radius 2 is 2.33 bits per heavy atom. The van der Waals surface area contributed by atoms with Gasteiger partial charge in [-0.25, -0.2) is 4.98 Å². The molecule has 0 saturated carbocycles. The highest BCUT2D eigenvalue weighted by molar-refractivity contribution is 6.33. The van der Waals surface area contributed by atoms with E-state index in [1.165, 1.54) is 6.07 Å². The van der Waals surface area contributed by atoms with E-state index in [1.807, 2.05) is 6.07 Å². The molecular weight excluding hydrogens is 254 g/mol. The summed E-state index contributed by atoms with van der Waals surface area (Å²) in [5.41, 5.74) is 0.754. The van der Waals surface area contributed by atoms with E-state index in [0.29, 0.717) is 22.1 Å². The van der Waals surface area contributed by atoms with E-state index in [9.17, 15) is 4.79 Å². The molecule has 0 aliphatic heterocycles. The Bertz CT molecular complexity index is 643. The zero-order valence-corrected chi connectivity index (χ0v) is 10.1. The first-order valence-corrected chi connectivity index (χ1v) is 5.38. The van der Waals surface area contributed by atoms with E-state index >= 15 is 0 Å². The Hall–Kier alpha value is -2.39. The number of nitriles is 1. The molecule has 0 saturated heterocycles. The van der Waals surface area contributed by atoms with Crippen LogP contribution in [-0.4, -0.2) is 21.1 Å². The normalized spacial score (nSPS) is 9.83. The fourth-order valence-corrected chi connectivity index (χ4v) is 1.48. The van der Waals surface area contributed by atoms with Gasteiger partial charge in [-0.2, -0.15) is 5.26 Å². The molecule has 18 heavy (non-hydrogen) atoms. The molecule has 0 fully saturated rings. The average Bonchev–Trinajstić information content (AvgIpc) is 2.79. The van der Waals surface area contributed by atoms with Gasteiger partial charge in [-0.15, -0.1) is 5.10 Å². The molecule has 0 aliphatic rings. The van der Waals surface area contributed by atoms with Crippen molar-refractivity contribution in [2.75, 3.05) is 5.32 Å². The van der Waals surface area contributed by atoms with E-state index in [-0.39, 0.29) is 5.82 Å². The molecule has 7 heteroatoms. The summed E-state index contributed by atoms with van der Waals surface area (Å²) >= 11 is 5.92. The summed E-state index contributed by atoms with van der Waals surface area (Å²) in [7, 11) is 0. The Kier molecular flexibility index (Phi) is 3.26. The number of aromatic amines is 1. The molecule has 0 radical (unpaired) electrons. The number of H-pyrrole nitrogens is 1. The van der Waals surface area contributed by atoms with Crippen LogP contribution >= 0.6 is 11.6 Å². The van der Waals surface area contributed by atoms with Crippen LogP contribution in [0.1, 0.15) is 22.0 Å². The average molecular weight is 262 g/mol. The lowest BCUT2D eigenvalue weighted by Crippen LogP contribution is -2.14. The number of anilines is 1. The summed E-state index contributed by atoms with van der Waals surface area (Å²) in [6.45, 7) is 1.69. The van der Waals surface area contributed by atoms with Crippen LogP contribution in [0, 0.1) is 18.3 Å². The van der Waals surface area contributed by atoms with Crippen LogP contribution in [0.25, 0.3) is 0 Å². The second-order valence-corrected chi connectivity index (χ2v) is 3.91. The van der Waals surface area contributed by atoms with Crippen LogP contribution in [0.3, 0.4) is 0 Å². The van der Waals surface area contributed by atoms with Gasteiger partial charge in [0.2, 0.25) is 5.82 Å². The number of hydrogen-bond acceptors (Lipinski definition) is 4. The fourth-order valence-electron chi connectivity index (χ4n) is 1.31. The van der Waals surface area contributed by atoms with Crippen LogP contribution < -0.4 is 5.32 Å². The third kappa shape index (κ3) is 2.47. The van der Waals surface area contributed by atoms with Crippen molar-refractivity contribution in [3.8, 4) is 6.07 Å². The van der Waals surface area contributed by atoms with Crippen molar-refractivity contribution in [1.82, 2.24) is 15.2 Å². The molecule has 0 spiro atoms. The number of carbonyl (C=O) groups excluding carboxylic acids is 1. The molecule has 1 aromatic heterocycles. The Morgan fingerprint density at radius 1 is 1.56 bits per heavy atom. The SMILES string of the molecule is Cc1nc(C(=O)Nc2cc(C#N)ccc2Cl)n[nH]1. The first-order chi connectivity index (χ1) is 8.60. The number of nitrogens with one attached hydrogen (secondary N) is 2. The highest BCUT2D eigenvalue weighted by atomic mass is 35.5. The van der Waals surface area contributed by atoms with Gasteiger partial charge in [-0.05, 0) is 25.1 Å². The van der Waals surface area contributed by atoms with Crippen LogP contribution in [0.4, 0.5) is 5.69 Å². The zero-order valence-electron chi connectivity index (χ0n) is 9.36. The van der Waals surface area contributed by atoms with Crippen molar-refractivity contribution < 1.29 is 4.79 Å². The number of amides is 1. The van der Waals surface area contributed by atoms with Crippen molar-refractivity contribution >= 4 is 23.2 Å². The van der Waals surface area contributed by atoms with Crippen molar-refractivity contribution in [3.05, 3.63) is 40.4 Å². The van der Waals surface area contributed by atoms with Gasteiger partial charge in [-0.1, -0.05) is 11.6 Å². The minimum atomic E-state index is -0.490. The lowest BCUT2D eigenvalue weighted by Gasteiger charge is -2.05. The molecule has 1 heterocycles. The first kappa shape index (κ1) is 12.1. The van der Waals surface area contributed by atoms with Crippen molar-refractivity contribution in [3.63, 3.8) is 0 Å². The number of carbonyl (C=O) groups is 1. The zero-order chi connectivity index (χ0) is 13.1. The van der Waals surface area contributed by atoms with Gasteiger partial charge in [0.1, 0.15) is 5.82 Å². The number of nitrogens with zero attached hydrogens (tertiary/aromatic N) is 3. The second-order valence-electron chi connectivity index (χ2n) is 3.50. The Balaban J connectivity index is 2.24. The molecule has 0 aliphatic carbocycles. The van der Waals surface area contributed by atoms with Gasteiger partial charge in [0, 0.05) is 0 Å². The molecule has 0 unspecified atom stereocenters. The maximum atomic E-state index is 11.8. The molecule has 0 atom stereocenters. The lowest BCUT2D eigenvalue weighted by atomic mass is 10.2. The summed E-state index contributed by atoms with van der Waals surface area (Å²) in [6, 6.07) is 6.56. The highest BCUT2D eigenvalue weighted by Crippen LogP contribution is 2.23. The largest absolute Gasteiger partial charge is 0.318 e. The molecular formula is C11H8ClN5O. The van der Waals surface area contributed by atoms with Gasteiger partial charge in [0.05, 0.1) is 22.3 Å². The van der Waals surface area contributed by atoms with Crippen LogP contribution in [0.2, 0.25) is 5.02 Å². The van der Waals surface area contributed by atoms with Gasteiger partial charge >= 0.3 is 0 Å². The smallest absolute Gasteiger partial charge is 0.295 e.